The van der Waals surface area contributed by atoms with Crippen molar-refractivity contribution in [1.82, 2.24) is 4.72 Å². The molecule has 1 atom stereocenters. The van der Waals surface area contributed by atoms with Gasteiger partial charge in [0.15, 0.2) is 0 Å². The van der Waals surface area contributed by atoms with Gasteiger partial charge < -0.3 is 10.1 Å². The average molecular weight is 332 g/mol. The SMILES string of the molecule is CNS(=O)(=O)c1ccc(C(C)Nc2ccc3c(c2)COC3)cc1. The maximum Gasteiger partial charge on any atom is 0.240 e. The summed E-state index contributed by atoms with van der Waals surface area (Å²) in [5.41, 5.74) is 4.52. The molecule has 5 nitrogen and oxygen atoms in total. The Hall–Kier alpha value is -1.89. The van der Waals surface area contributed by atoms with E-state index in [1.807, 2.05) is 25.1 Å². The molecule has 6 heteroatoms. The second-order valence-electron chi connectivity index (χ2n) is 5.62. The van der Waals surface area contributed by atoms with Gasteiger partial charge in [-0.15, -0.1) is 0 Å². The van der Waals surface area contributed by atoms with Crippen molar-refractivity contribution in [2.24, 2.45) is 0 Å². The minimum Gasteiger partial charge on any atom is -0.379 e. The summed E-state index contributed by atoms with van der Waals surface area (Å²) in [5, 5.41) is 3.44. The highest BCUT2D eigenvalue weighted by molar-refractivity contribution is 7.89. The average Bonchev–Trinajstić information content (AvgIpc) is 3.02. The van der Waals surface area contributed by atoms with E-state index in [1.165, 1.54) is 18.2 Å². The van der Waals surface area contributed by atoms with E-state index >= 15 is 0 Å². The molecule has 2 N–H and O–H groups in total. The minimum atomic E-state index is -3.39. The van der Waals surface area contributed by atoms with Crippen molar-refractivity contribution >= 4 is 15.7 Å². The zero-order valence-corrected chi connectivity index (χ0v) is 14.0. The first-order valence-electron chi connectivity index (χ1n) is 7.49. The Morgan fingerprint density at radius 3 is 2.43 bits per heavy atom. The summed E-state index contributed by atoms with van der Waals surface area (Å²) >= 11 is 0. The zero-order valence-electron chi connectivity index (χ0n) is 13.2. The van der Waals surface area contributed by atoms with Crippen molar-refractivity contribution in [2.45, 2.75) is 31.1 Å². The number of ether oxygens (including phenoxy) is 1. The number of fused-ring (bicyclic) bond motifs is 1. The lowest BCUT2D eigenvalue weighted by molar-refractivity contribution is 0.134. The van der Waals surface area contributed by atoms with Crippen LogP contribution in [0.5, 0.6) is 0 Å². The number of hydrogen-bond acceptors (Lipinski definition) is 4. The fourth-order valence-corrected chi connectivity index (χ4v) is 3.38. The van der Waals surface area contributed by atoms with E-state index < -0.39 is 10.0 Å². The molecule has 2 aromatic rings. The fraction of sp³-hybridized carbons (Fsp3) is 0.294. The quantitative estimate of drug-likeness (QED) is 0.883. The molecule has 1 aliphatic heterocycles. The Kier molecular flexibility index (Phi) is 4.39. The van der Waals surface area contributed by atoms with Crippen molar-refractivity contribution in [1.29, 1.82) is 0 Å². The van der Waals surface area contributed by atoms with Crippen LogP contribution in [0.1, 0.15) is 29.7 Å². The Bertz CT molecular complexity index is 801. The van der Waals surface area contributed by atoms with E-state index in [0.29, 0.717) is 13.2 Å². The molecular weight excluding hydrogens is 312 g/mol. The van der Waals surface area contributed by atoms with Crippen LogP contribution in [0.15, 0.2) is 47.4 Å². The van der Waals surface area contributed by atoms with Crippen LogP contribution in [0.2, 0.25) is 0 Å². The molecule has 3 rings (SSSR count). The normalized spacial score (nSPS) is 15.2. The van der Waals surface area contributed by atoms with Gasteiger partial charge in [0.1, 0.15) is 0 Å². The largest absolute Gasteiger partial charge is 0.379 e. The smallest absolute Gasteiger partial charge is 0.240 e. The van der Waals surface area contributed by atoms with Crippen LogP contribution in [0.25, 0.3) is 0 Å². The summed E-state index contributed by atoms with van der Waals surface area (Å²) < 4.78 is 31.2. The lowest BCUT2D eigenvalue weighted by Gasteiger charge is -2.17. The topological polar surface area (TPSA) is 67.4 Å². The highest BCUT2D eigenvalue weighted by Gasteiger charge is 2.14. The van der Waals surface area contributed by atoms with Gasteiger partial charge in [0, 0.05) is 11.7 Å². The lowest BCUT2D eigenvalue weighted by atomic mass is 10.1. The second-order valence-corrected chi connectivity index (χ2v) is 7.51. The molecular formula is C17H20N2O3S. The lowest BCUT2D eigenvalue weighted by Crippen LogP contribution is -2.18. The summed E-state index contributed by atoms with van der Waals surface area (Å²) in [6.45, 7) is 3.40. The highest BCUT2D eigenvalue weighted by Crippen LogP contribution is 2.26. The van der Waals surface area contributed by atoms with Gasteiger partial charge in [0.2, 0.25) is 10.0 Å². The molecule has 0 aromatic heterocycles. The first-order valence-corrected chi connectivity index (χ1v) is 8.97. The maximum atomic E-state index is 11.7. The monoisotopic (exact) mass is 332 g/mol. The molecule has 122 valence electrons. The maximum absolute atomic E-state index is 11.7. The van der Waals surface area contributed by atoms with Gasteiger partial charge in [0.25, 0.3) is 0 Å². The van der Waals surface area contributed by atoms with E-state index in [2.05, 4.69) is 22.2 Å². The second kappa shape index (κ2) is 6.31. The van der Waals surface area contributed by atoms with E-state index in [1.54, 1.807) is 12.1 Å². The van der Waals surface area contributed by atoms with Gasteiger partial charge in [-0.1, -0.05) is 18.2 Å². The Labute approximate surface area is 136 Å². The molecule has 0 saturated heterocycles. The molecule has 1 heterocycles. The molecule has 1 unspecified atom stereocenters. The number of hydrogen-bond donors (Lipinski definition) is 2. The summed E-state index contributed by atoms with van der Waals surface area (Å²) in [5.74, 6) is 0. The third-order valence-electron chi connectivity index (χ3n) is 4.06. The third kappa shape index (κ3) is 3.39. The number of anilines is 1. The van der Waals surface area contributed by atoms with E-state index in [4.69, 9.17) is 4.74 Å². The van der Waals surface area contributed by atoms with Crippen molar-refractivity contribution in [3.63, 3.8) is 0 Å². The number of rotatable bonds is 5. The van der Waals surface area contributed by atoms with E-state index in [0.717, 1.165) is 11.3 Å². The first kappa shape index (κ1) is 16.0. The Morgan fingerprint density at radius 2 is 1.74 bits per heavy atom. The standard InChI is InChI=1S/C17H20N2O3S/c1-12(13-4-7-17(8-5-13)23(20,21)18-2)19-16-6-3-14-10-22-11-15(14)9-16/h3-9,12,18-19H,10-11H2,1-2H3. The summed E-state index contributed by atoms with van der Waals surface area (Å²) in [6, 6.07) is 13.2. The van der Waals surface area contributed by atoms with Crippen molar-refractivity contribution in [2.75, 3.05) is 12.4 Å². The minimum absolute atomic E-state index is 0.0710. The van der Waals surface area contributed by atoms with Gasteiger partial charge in [-0.3, -0.25) is 0 Å². The molecule has 23 heavy (non-hydrogen) atoms. The Morgan fingerprint density at radius 1 is 1.04 bits per heavy atom. The van der Waals surface area contributed by atoms with Crippen LogP contribution in [-0.2, 0) is 28.0 Å². The van der Waals surface area contributed by atoms with Crippen molar-refractivity contribution in [3.8, 4) is 0 Å². The van der Waals surface area contributed by atoms with Crippen molar-refractivity contribution < 1.29 is 13.2 Å². The van der Waals surface area contributed by atoms with Gasteiger partial charge in [-0.25, -0.2) is 13.1 Å². The zero-order chi connectivity index (χ0) is 16.4. The molecule has 0 radical (unpaired) electrons. The molecule has 0 aliphatic carbocycles. The number of sulfonamides is 1. The van der Waals surface area contributed by atoms with Crippen LogP contribution in [0.4, 0.5) is 5.69 Å². The molecule has 0 saturated carbocycles. The molecule has 0 spiro atoms. The predicted molar refractivity (Wildman–Crippen MR) is 89.7 cm³/mol. The van der Waals surface area contributed by atoms with Crippen LogP contribution >= 0.6 is 0 Å². The summed E-state index contributed by atoms with van der Waals surface area (Å²) in [4.78, 5) is 0.269. The van der Waals surface area contributed by atoms with Crippen LogP contribution in [-0.4, -0.2) is 15.5 Å². The van der Waals surface area contributed by atoms with Gasteiger partial charge in [-0.05, 0) is 54.9 Å². The number of nitrogens with one attached hydrogen (secondary N) is 2. The number of benzene rings is 2. The molecule has 0 amide bonds. The highest BCUT2D eigenvalue weighted by atomic mass is 32.2. The third-order valence-corrected chi connectivity index (χ3v) is 5.49. The predicted octanol–water partition coefficient (Wildman–Crippen LogP) is 2.80. The Balaban J connectivity index is 1.74. The van der Waals surface area contributed by atoms with Crippen LogP contribution in [0, 0.1) is 0 Å². The molecule has 0 bridgehead atoms. The molecule has 2 aromatic carbocycles. The van der Waals surface area contributed by atoms with E-state index in [9.17, 15) is 8.42 Å². The molecule has 0 fully saturated rings. The first-order chi connectivity index (χ1) is 11.0. The summed E-state index contributed by atoms with van der Waals surface area (Å²) in [6.07, 6.45) is 0. The van der Waals surface area contributed by atoms with E-state index in [-0.39, 0.29) is 10.9 Å². The van der Waals surface area contributed by atoms with Crippen LogP contribution in [0.3, 0.4) is 0 Å². The molecule has 1 aliphatic rings. The fourth-order valence-electron chi connectivity index (χ4n) is 2.65. The van der Waals surface area contributed by atoms with Gasteiger partial charge in [-0.2, -0.15) is 0 Å². The van der Waals surface area contributed by atoms with Crippen molar-refractivity contribution in [3.05, 3.63) is 59.2 Å². The van der Waals surface area contributed by atoms with Gasteiger partial charge >= 0.3 is 0 Å². The van der Waals surface area contributed by atoms with Crippen LogP contribution < -0.4 is 10.0 Å². The summed E-state index contributed by atoms with van der Waals surface area (Å²) in [7, 11) is -1.98. The van der Waals surface area contributed by atoms with Gasteiger partial charge in [0.05, 0.1) is 18.1 Å².